The molecule has 0 aromatic heterocycles. The third-order valence-corrected chi connectivity index (χ3v) is 5.23. The van der Waals surface area contributed by atoms with E-state index in [1.165, 1.54) is 11.1 Å². The highest BCUT2D eigenvalue weighted by molar-refractivity contribution is 5.81. The SMILES string of the molecule is Cc1ccc(OCC(=O)OCC(=O)N(C)[C@@H]2CCCc3ccccc32)c(C)c1. The number of carbonyl (C=O) groups excluding carboxylic acids is 2. The van der Waals surface area contributed by atoms with Gasteiger partial charge in [-0.1, -0.05) is 42.0 Å². The summed E-state index contributed by atoms with van der Waals surface area (Å²) in [5, 5.41) is 0. The van der Waals surface area contributed by atoms with Gasteiger partial charge in [0, 0.05) is 7.05 Å². The van der Waals surface area contributed by atoms with Gasteiger partial charge < -0.3 is 14.4 Å². The fourth-order valence-electron chi connectivity index (χ4n) is 3.69. The number of aryl methyl sites for hydroxylation is 3. The molecule has 5 heteroatoms. The summed E-state index contributed by atoms with van der Waals surface area (Å²) in [5.41, 5.74) is 4.57. The number of fused-ring (bicyclic) bond motifs is 1. The van der Waals surface area contributed by atoms with Crippen LogP contribution in [0.25, 0.3) is 0 Å². The molecular formula is C23H27NO4. The minimum Gasteiger partial charge on any atom is -0.482 e. The maximum absolute atomic E-state index is 12.5. The van der Waals surface area contributed by atoms with Crippen molar-refractivity contribution in [3.63, 3.8) is 0 Å². The van der Waals surface area contributed by atoms with Gasteiger partial charge >= 0.3 is 5.97 Å². The molecule has 1 aliphatic rings. The van der Waals surface area contributed by atoms with Crippen molar-refractivity contribution in [2.24, 2.45) is 0 Å². The molecule has 0 aliphatic heterocycles. The number of amides is 1. The van der Waals surface area contributed by atoms with Gasteiger partial charge in [0.05, 0.1) is 6.04 Å². The van der Waals surface area contributed by atoms with Crippen molar-refractivity contribution >= 4 is 11.9 Å². The van der Waals surface area contributed by atoms with Crippen LogP contribution in [0.1, 0.15) is 41.1 Å². The predicted molar refractivity (Wildman–Crippen MR) is 107 cm³/mol. The highest BCUT2D eigenvalue weighted by Gasteiger charge is 2.26. The van der Waals surface area contributed by atoms with E-state index in [0.29, 0.717) is 5.75 Å². The van der Waals surface area contributed by atoms with Gasteiger partial charge in [-0.05, 0) is 55.9 Å². The van der Waals surface area contributed by atoms with Crippen LogP contribution < -0.4 is 4.74 Å². The Morgan fingerprint density at radius 3 is 2.68 bits per heavy atom. The molecule has 1 amide bonds. The first-order valence-corrected chi connectivity index (χ1v) is 9.65. The molecule has 28 heavy (non-hydrogen) atoms. The Hall–Kier alpha value is -2.82. The molecule has 5 nitrogen and oxygen atoms in total. The Balaban J connectivity index is 1.50. The van der Waals surface area contributed by atoms with E-state index >= 15 is 0 Å². The first kappa shape index (κ1) is 19.9. The lowest BCUT2D eigenvalue weighted by Crippen LogP contribution is -2.36. The fraction of sp³-hybridized carbons (Fsp3) is 0.391. The summed E-state index contributed by atoms with van der Waals surface area (Å²) in [5.74, 6) is -0.114. The molecule has 0 saturated heterocycles. The molecule has 2 aromatic rings. The van der Waals surface area contributed by atoms with Crippen LogP contribution >= 0.6 is 0 Å². The Bertz CT molecular complexity index is 861. The highest BCUT2D eigenvalue weighted by atomic mass is 16.6. The van der Waals surface area contributed by atoms with E-state index in [2.05, 4.69) is 12.1 Å². The zero-order chi connectivity index (χ0) is 20.1. The van der Waals surface area contributed by atoms with Gasteiger partial charge in [0.25, 0.3) is 5.91 Å². The molecule has 0 fully saturated rings. The summed E-state index contributed by atoms with van der Waals surface area (Å²) in [6.07, 6.45) is 3.01. The van der Waals surface area contributed by atoms with Crippen molar-refractivity contribution in [1.82, 2.24) is 4.90 Å². The van der Waals surface area contributed by atoms with E-state index < -0.39 is 5.97 Å². The molecule has 0 saturated carbocycles. The van der Waals surface area contributed by atoms with Crippen LogP contribution in [0.4, 0.5) is 0 Å². The van der Waals surface area contributed by atoms with Gasteiger partial charge in [0.1, 0.15) is 5.75 Å². The van der Waals surface area contributed by atoms with Crippen LogP contribution in [0.5, 0.6) is 5.75 Å². The molecule has 148 valence electrons. The first-order valence-electron chi connectivity index (χ1n) is 9.65. The van der Waals surface area contributed by atoms with Crippen LogP contribution in [0.2, 0.25) is 0 Å². The van der Waals surface area contributed by atoms with Crippen molar-refractivity contribution in [2.75, 3.05) is 20.3 Å². The van der Waals surface area contributed by atoms with E-state index in [4.69, 9.17) is 9.47 Å². The number of carbonyl (C=O) groups is 2. The van der Waals surface area contributed by atoms with Crippen molar-refractivity contribution in [2.45, 2.75) is 39.2 Å². The molecule has 1 aliphatic carbocycles. The van der Waals surface area contributed by atoms with Crippen molar-refractivity contribution in [3.8, 4) is 5.75 Å². The smallest absolute Gasteiger partial charge is 0.344 e. The number of benzene rings is 2. The molecule has 0 N–H and O–H groups in total. The molecular weight excluding hydrogens is 354 g/mol. The second-order valence-corrected chi connectivity index (χ2v) is 7.33. The second-order valence-electron chi connectivity index (χ2n) is 7.33. The lowest BCUT2D eigenvalue weighted by Gasteiger charge is -2.33. The zero-order valence-electron chi connectivity index (χ0n) is 16.7. The van der Waals surface area contributed by atoms with Crippen molar-refractivity contribution in [3.05, 3.63) is 64.7 Å². The van der Waals surface area contributed by atoms with E-state index in [1.807, 2.05) is 44.2 Å². The average Bonchev–Trinajstić information content (AvgIpc) is 2.70. The molecule has 3 rings (SSSR count). The lowest BCUT2D eigenvalue weighted by molar-refractivity contribution is -0.154. The topological polar surface area (TPSA) is 55.8 Å². The average molecular weight is 381 g/mol. The van der Waals surface area contributed by atoms with Gasteiger partial charge in [-0.2, -0.15) is 0 Å². The summed E-state index contributed by atoms with van der Waals surface area (Å²) in [7, 11) is 1.77. The normalized spacial score (nSPS) is 15.5. The quantitative estimate of drug-likeness (QED) is 0.715. The molecule has 1 atom stereocenters. The van der Waals surface area contributed by atoms with Crippen molar-refractivity contribution in [1.29, 1.82) is 0 Å². The predicted octanol–water partition coefficient (Wildman–Crippen LogP) is 3.76. The number of ether oxygens (including phenoxy) is 2. The van der Waals surface area contributed by atoms with Crippen LogP contribution in [0.3, 0.4) is 0 Å². The summed E-state index contributed by atoms with van der Waals surface area (Å²) in [6.45, 7) is 3.43. The van der Waals surface area contributed by atoms with E-state index in [9.17, 15) is 9.59 Å². The minimum absolute atomic E-state index is 0.0302. The Labute approximate surface area is 166 Å². The van der Waals surface area contributed by atoms with Gasteiger partial charge in [0.2, 0.25) is 0 Å². The largest absolute Gasteiger partial charge is 0.482 e. The lowest BCUT2D eigenvalue weighted by atomic mass is 9.87. The van der Waals surface area contributed by atoms with Gasteiger partial charge in [0.15, 0.2) is 13.2 Å². The Morgan fingerprint density at radius 2 is 1.89 bits per heavy atom. The molecule has 0 bridgehead atoms. The highest BCUT2D eigenvalue weighted by Crippen LogP contribution is 2.33. The van der Waals surface area contributed by atoms with Crippen molar-refractivity contribution < 1.29 is 19.1 Å². The number of likely N-dealkylation sites (N-methyl/N-ethyl adjacent to an activating group) is 1. The van der Waals surface area contributed by atoms with Gasteiger partial charge in [-0.15, -0.1) is 0 Å². The number of hydrogen-bond acceptors (Lipinski definition) is 4. The number of esters is 1. The summed E-state index contributed by atoms with van der Waals surface area (Å²) >= 11 is 0. The fourth-order valence-corrected chi connectivity index (χ4v) is 3.69. The Morgan fingerprint density at radius 1 is 1.11 bits per heavy atom. The monoisotopic (exact) mass is 381 g/mol. The van der Waals surface area contributed by atoms with Crippen LogP contribution in [0.15, 0.2) is 42.5 Å². The van der Waals surface area contributed by atoms with E-state index in [0.717, 1.165) is 30.4 Å². The van der Waals surface area contributed by atoms with Gasteiger partial charge in [-0.3, -0.25) is 4.79 Å². The molecule has 0 unspecified atom stereocenters. The third kappa shape index (κ3) is 4.71. The molecule has 0 heterocycles. The third-order valence-electron chi connectivity index (χ3n) is 5.23. The van der Waals surface area contributed by atoms with Crippen LogP contribution in [-0.4, -0.2) is 37.0 Å². The van der Waals surface area contributed by atoms with Crippen LogP contribution in [0, 0.1) is 13.8 Å². The number of nitrogens with zero attached hydrogens (tertiary/aromatic N) is 1. The first-order chi connectivity index (χ1) is 13.5. The maximum Gasteiger partial charge on any atom is 0.344 e. The molecule has 0 radical (unpaired) electrons. The van der Waals surface area contributed by atoms with E-state index in [-0.39, 0.29) is 25.2 Å². The number of hydrogen-bond donors (Lipinski definition) is 0. The summed E-state index contributed by atoms with van der Waals surface area (Å²) in [4.78, 5) is 26.2. The van der Waals surface area contributed by atoms with Gasteiger partial charge in [-0.25, -0.2) is 4.79 Å². The summed E-state index contributed by atoms with van der Waals surface area (Å²) < 4.78 is 10.6. The number of rotatable bonds is 6. The second kappa shape index (κ2) is 8.91. The maximum atomic E-state index is 12.5. The molecule has 2 aromatic carbocycles. The standard InChI is InChI=1S/C23H27NO4/c1-16-11-12-21(17(2)13-16)27-15-23(26)28-14-22(25)24(3)20-10-6-8-18-7-4-5-9-19(18)20/h4-5,7,9,11-13,20H,6,8,10,14-15H2,1-3H3/t20-/m1/s1. The zero-order valence-corrected chi connectivity index (χ0v) is 16.7. The van der Waals surface area contributed by atoms with E-state index in [1.54, 1.807) is 11.9 Å². The van der Waals surface area contributed by atoms with Crippen LogP contribution in [-0.2, 0) is 20.7 Å². The minimum atomic E-state index is -0.550. The Kier molecular flexibility index (Phi) is 6.34. The summed E-state index contributed by atoms with van der Waals surface area (Å²) in [6, 6.07) is 14.0. The molecule has 0 spiro atoms.